The lowest BCUT2D eigenvalue weighted by Gasteiger charge is -2.37. The summed E-state index contributed by atoms with van der Waals surface area (Å²) >= 11 is 1.91. The first-order valence-corrected chi connectivity index (χ1v) is 13.8. The third-order valence-electron chi connectivity index (χ3n) is 6.95. The van der Waals surface area contributed by atoms with Gasteiger partial charge in [0.2, 0.25) is 5.91 Å². The largest absolute Gasteiger partial charge is 0.392 e. The van der Waals surface area contributed by atoms with E-state index in [2.05, 4.69) is 82.8 Å². The van der Waals surface area contributed by atoms with Crippen molar-refractivity contribution < 1.29 is 9.90 Å². The molecule has 0 saturated carbocycles. The van der Waals surface area contributed by atoms with Crippen LogP contribution in [0.25, 0.3) is 0 Å². The fraction of sp³-hybridized carbons (Fsp3) is 0.219. The number of aliphatic hydroxyl groups is 1. The number of likely N-dealkylation sites (tertiary alicyclic amines) is 1. The molecule has 1 amide bonds. The number of aliphatic hydroxyl groups excluding tert-OH is 1. The zero-order chi connectivity index (χ0) is 26.2. The molecule has 192 valence electrons. The summed E-state index contributed by atoms with van der Waals surface area (Å²) in [4.78, 5) is 24.0. The molecule has 1 N–H and O–H groups in total. The van der Waals surface area contributed by atoms with E-state index < -0.39 is 4.75 Å². The maximum Gasteiger partial charge on any atom is 0.246 e. The molecular weight excluding hydrogens is 490 g/mol. The first-order valence-electron chi connectivity index (χ1n) is 12.9. The van der Waals surface area contributed by atoms with Crippen molar-refractivity contribution >= 4 is 17.7 Å². The van der Waals surface area contributed by atoms with Gasteiger partial charge in [0, 0.05) is 42.7 Å². The van der Waals surface area contributed by atoms with Gasteiger partial charge in [-0.05, 0) is 29.2 Å². The molecule has 0 bridgehead atoms. The normalized spacial score (nSPS) is 17.7. The molecule has 1 aromatic heterocycles. The smallest absolute Gasteiger partial charge is 0.246 e. The number of aromatic nitrogens is 2. The van der Waals surface area contributed by atoms with Crippen LogP contribution in [0.5, 0.6) is 0 Å². The Morgan fingerprint density at radius 2 is 1.39 bits per heavy atom. The molecule has 1 aliphatic rings. The van der Waals surface area contributed by atoms with Gasteiger partial charge < -0.3 is 10.0 Å². The summed E-state index contributed by atoms with van der Waals surface area (Å²) in [6.45, 7) is 0.439. The molecule has 3 aromatic carbocycles. The maximum atomic E-state index is 13.2. The average Bonchev–Trinajstić information content (AvgIpc) is 3.38. The minimum Gasteiger partial charge on any atom is -0.392 e. The Labute approximate surface area is 228 Å². The number of hydrogen-bond donors (Lipinski definition) is 1. The van der Waals surface area contributed by atoms with Gasteiger partial charge in [0.05, 0.1) is 11.4 Å². The second-order valence-electron chi connectivity index (χ2n) is 9.35. The van der Waals surface area contributed by atoms with E-state index in [0.717, 1.165) is 12.2 Å². The highest BCUT2D eigenvalue weighted by atomic mass is 32.2. The zero-order valence-corrected chi connectivity index (χ0v) is 22.0. The van der Waals surface area contributed by atoms with Crippen molar-refractivity contribution in [2.75, 3.05) is 13.2 Å². The van der Waals surface area contributed by atoms with Crippen LogP contribution in [-0.4, -0.2) is 50.3 Å². The summed E-state index contributed by atoms with van der Waals surface area (Å²) in [5.41, 5.74) is 3.61. The highest BCUT2D eigenvalue weighted by Gasteiger charge is 2.44. The van der Waals surface area contributed by atoms with Crippen LogP contribution in [0.1, 0.15) is 28.9 Å². The van der Waals surface area contributed by atoms with Gasteiger partial charge >= 0.3 is 0 Å². The molecule has 0 radical (unpaired) electrons. The number of benzene rings is 3. The molecular formula is C32H31N3O2S. The average molecular weight is 522 g/mol. The van der Waals surface area contributed by atoms with Crippen LogP contribution in [0.2, 0.25) is 0 Å². The Hall–Kier alpha value is -3.74. The highest BCUT2D eigenvalue weighted by molar-refractivity contribution is 8.01. The fourth-order valence-corrected chi connectivity index (χ4v) is 7.16. The first-order chi connectivity index (χ1) is 18.7. The van der Waals surface area contributed by atoms with E-state index >= 15 is 0 Å². The Bertz CT molecular complexity index is 1240. The number of hydrogen-bond acceptors (Lipinski definition) is 5. The number of amides is 1. The van der Waals surface area contributed by atoms with Gasteiger partial charge in [-0.1, -0.05) is 97.1 Å². The van der Waals surface area contributed by atoms with Crippen LogP contribution >= 0.6 is 11.8 Å². The van der Waals surface area contributed by atoms with Gasteiger partial charge in [0.15, 0.2) is 0 Å². The zero-order valence-electron chi connectivity index (χ0n) is 21.1. The molecule has 38 heavy (non-hydrogen) atoms. The summed E-state index contributed by atoms with van der Waals surface area (Å²) in [5, 5.41) is 9.42. The summed E-state index contributed by atoms with van der Waals surface area (Å²) in [7, 11) is 0. The molecule has 0 unspecified atom stereocenters. The predicted molar refractivity (Wildman–Crippen MR) is 153 cm³/mol. The number of thioether (sulfide) groups is 1. The monoisotopic (exact) mass is 521 g/mol. The second kappa shape index (κ2) is 12.2. The fourth-order valence-electron chi connectivity index (χ4n) is 5.29. The maximum absolute atomic E-state index is 13.2. The van der Waals surface area contributed by atoms with E-state index in [-0.39, 0.29) is 23.8 Å². The van der Waals surface area contributed by atoms with Crippen LogP contribution in [-0.2, 0) is 16.0 Å². The lowest BCUT2D eigenvalue weighted by molar-refractivity contribution is -0.126. The predicted octanol–water partition coefficient (Wildman–Crippen LogP) is 5.26. The van der Waals surface area contributed by atoms with E-state index in [0.29, 0.717) is 13.0 Å². The van der Waals surface area contributed by atoms with Crippen molar-refractivity contribution in [2.45, 2.75) is 28.9 Å². The Kier molecular flexibility index (Phi) is 8.31. The molecule has 4 aromatic rings. The molecule has 1 aliphatic heterocycles. The number of carbonyl (C=O) groups excluding carboxylic acids is 1. The lowest BCUT2D eigenvalue weighted by atomic mass is 9.84. The van der Waals surface area contributed by atoms with Crippen molar-refractivity contribution in [1.82, 2.24) is 14.9 Å². The van der Waals surface area contributed by atoms with Gasteiger partial charge in [-0.3, -0.25) is 4.79 Å². The summed E-state index contributed by atoms with van der Waals surface area (Å²) in [6, 6.07) is 33.7. The summed E-state index contributed by atoms with van der Waals surface area (Å²) < 4.78 is -0.456. The van der Waals surface area contributed by atoms with E-state index in [4.69, 9.17) is 0 Å². The molecule has 5 rings (SSSR count). The molecule has 2 atom stereocenters. The van der Waals surface area contributed by atoms with Crippen molar-refractivity contribution in [3.05, 3.63) is 144 Å². The van der Waals surface area contributed by atoms with E-state index in [1.165, 1.54) is 28.8 Å². The lowest BCUT2D eigenvalue weighted by Crippen LogP contribution is -2.36. The standard InChI is InChI=1S/C32H31N3O2S/c36-21-10-18-31(37)35-24-29(22-28(35)23-30-33-19-11-20-34-30)38-32(25-12-4-1-5-13-25,26-14-6-2-7-15-26)27-16-8-3-9-17-27/h1-20,28-29,36H,21-24H2/t28-,29-/m0/s1. The van der Waals surface area contributed by atoms with E-state index in [1.807, 2.05) is 34.9 Å². The highest BCUT2D eigenvalue weighted by Crippen LogP contribution is 2.52. The van der Waals surface area contributed by atoms with Crippen LogP contribution < -0.4 is 0 Å². The summed E-state index contributed by atoms with van der Waals surface area (Å²) in [6.07, 6.45) is 7.87. The SMILES string of the molecule is O=C(C=CCO)N1C[C@@H](SC(c2ccccc2)(c2ccccc2)c2ccccc2)C[C@H]1Cc1ncccn1. The minimum absolute atomic E-state index is 0.0363. The van der Waals surface area contributed by atoms with Gasteiger partial charge in [-0.25, -0.2) is 9.97 Å². The molecule has 1 fully saturated rings. The third kappa shape index (κ3) is 5.57. The van der Waals surface area contributed by atoms with Gasteiger partial charge in [-0.2, -0.15) is 0 Å². The van der Waals surface area contributed by atoms with Crippen LogP contribution in [0.15, 0.2) is 122 Å². The number of nitrogens with zero attached hydrogens (tertiary/aromatic N) is 3. The summed E-state index contributed by atoms with van der Waals surface area (Å²) in [5.74, 6) is 0.639. The molecule has 0 aliphatic carbocycles. The quantitative estimate of drug-likeness (QED) is 0.240. The van der Waals surface area contributed by atoms with Crippen LogP contribution in [0.3, 0.4) is 0 Å². The first kappa shape index (κ1) is 25.9. The van der Waals surface area contributed by atoms with Crippen molar-refractivity contribution in [1.29, 1.82) is 0 Å². The Morgan fingerprint density at radius 1 is 0.868 bits per heavy atom. The van der Waals surface area contributed by atoms with Gasteiger partial charge in [0.25, 0.3) is 0 Å². The molecule has 5 nitrogen and oxygen atoms in total. The van der Waals surface area contributed by atoms with Gasteiger partial charge in [-0.15, -0.1) is 11.8 Å². The molecule has 6 heteroatoms. The van der Waals surface area contributed by atoms with E-state index in [9.17, 15) is 9.90 Å². The number of rotatable bonds is 9. The van der Waals surface area contributed by atoms with Crippen molar-refractivity contribution in [3.8, 4) is 0 Å². The van der Waals surface area contributed by atoms with Crippen LogP contribution in [0.4, 0.5) is 0 Å². The molecule has 2 heterocycles. The van der Waals surface area contributed by atoms with E-state index in [1.54, 1.807) is 18.5 Å². The number of carbonyl (C=O) groups is 1. The molecule has 0 spiro atoms. The topological polar surface area (TPSA) is 66.3 Å². The van der Waals surface area contributed by atoms with Crippen molar-refractivity contribution in [2.24, 2.45) is 0 Å². The minimum atomic E-state index is -0.456. The van der Waals surface area contributed by atoms with Crippen LogP contribution in [0, 0.1) is 0 Å². The Balaban J connectivity index is 1.56. The van der Waals surface area contributed by atoms with Gasteiger partial charge in [0.1, 0.15) is 5.82 Å². The third-order valence-corrected chi connectivity index (χ3v) is 8.68. The molecule has 1 saturated heterocycles. The van der Waals surface area contributed by atoms with Crippen molar-refractivity contribution in [3.63, 3.8) is 0 Å². The second-order valence-corrected chi connectivity index (χ2v) is 10.9. The Morgan fingerprint density at radius 3 is 1.89 bits per heavy atom.